The molecule has 6 nitrogen and oxygen atoms in total. The Morgan fingerprint density at radius 2 is 1.95 bits per heavy atom. The number of carbonyl (C=O) groups excluding carboxylic acids is 1. The van der Waals surface area contributed by atoms with Crippen molar-refractivity contribution in [2.24, 2.45) is 0 Å². The number of pyridine rings is 1. The lowest BCUT2D eigenvalue weighted by molar-refractivity contribution is -0.135. The molecule has 0 spiro atoms. The van der Waals surface area contributed by atoms with Crippen LogP contribution in [0.5, 0.6) is 0 Å². The molecular weight excluding hydrogens is 278 g/mol. The Balaban J connectivity index is 1.63. The van der Waals surface area contributed by atoms with Crippen molar-refractivity contribution in [3.63, 3.8) is 0 Å². The Labute approximate surface area is 129 Å². The highest BCUT2D eigenvalue weighted by atomic mass is 16.2. The average molecular weight is 297 g/mol. The molecule has 22 heavy (non-hydrogen) atoms. The smallest absolute Gasteiger partial charge is 0.236 e. The van der Waals surface area contributed by atoms with Crippen molar-refractivity contribution >= 4 is 5.91 Å². The second-order valence-corrected chi connectivity index (χ2v) is 5.31. The first-order valence-electron chi connectivity index (χ1n) is 7.48. The first-order valence-corrected chi connectivity index (χ1v) is 7.48. The van der Waals surface area contributed by atoms with Gasteiger partial charge in [-0.25, -0.2) is 9.97 Å². The Hall–Kier alpha value is -2.34. The van der Waals surface area contributed by atoms with Crippen LogP contribution in [0.25, 0.3) is 11.5 Å². The van der Waals surface area contributed by atoms with E-state index in [-0.39, 0.29) is 5.91 Å². The first-order chi connectivity index (χ1) is 10.8. The van der Waals surface area contributed by atoms with E-state index in [1.54, 1.807) is 6.20 Å². The number of hydrogen-bond donors (Lipinski definition) is 0. The van der Waals surface area contributed by atoms with Crippen LogP contribution >= 0.6 is 0 Å². The van der Waals surface area contributed by atoms with Gasteiger partial charge >= 0.3 is 0 Å². The van der Waals surface area contributed by atoms with E-state index in [1.807, 2.05) is 42.4 Å². The first kappa shape index (κ1) is 14.6. The van der Waals surface area contributed by atoms with Gasteiger partial charge in [-0.05, 0) is 19.1 Å². The number of rotatable bonds is 4. The minimum Gasteiger partial charge on any atom is -0.341 e. The monoisotopic (exact) mass is 297 g/mol. The number of likely N-dealkylation sites (N-methyl/N-ethyl adjacent to an activating group) is 1. The summed E-state index contributed by atoms with van der Waals surface area (Å²) in [6.07, 6.45) is 5.35. The Morgan fingerprint density at radius 3 is 2.59 bits per heavy atom. The zero-order valence-corrected chi connectivity index (χ0v) is 12.6. The highest BCUT2D eigenvalue weighted by Crippen LogP contribution is 2.12. The van der Waals surface area contributed by atoms with Crippen molar-refractivity contribution in [1.82, 2.24) is 24.8 Å². The molecule has 1 aliphatic rings. The maximum absolute atomic E-state index is 11.9. The van der Waals surface area contributed by atoms with Gasteiger partial charge in [0.15, 0.2) is 5.82 Å². The summed E-state index contributed by atoms with van der Waals surface area (Å²) in [4.78, 5) is 28.9. The van der Waals surface area contributed by atoms with Crippen LogP contribution in [0.4, 0.5) is 0 Å². The van der Waals surface area contributed by atoms with E-state index in [4.69, 9.17) is 0 Å². The van der Waals surface area contributed by atoms with Gasteiger partial charge in [-0.3, -0.25) is 14.7 Å². The molecule has 1 fully saturated rings. The summed E-state index contributed by atoms with van der Waals surface area (Å²) in [6.45, 7) is 5.65. The van der Waals surface area contributed by atoms with Crippen molar-refractivity contribution in [2.45, 2.75) is 13.5 Å². The van der Waals surface area contributed by atoms with E-state index < -0.39 is 0 Å². The fourth-order valence-electron chi connectivity index (χ4n) is 2.55. The molecule has 0 aromatic carbocycles. The predicted molar refractivity (Wildman–Crippen MR) is 82.8 cm³/mol. The van der Waals surface area contributed by atoms with Crippen molar-refractivity contribution < 1.29 is 4.79 Å². The Bertz CT molecular complexity index is 629. The quantitative estimate of drug-likeness (QED) is 0.848. The van der Waals surface area contributed by atoms with Gasteiger partial charge in [0.1, 0.15) is 5.69 Å². The summed E-state index contributed by atoms with van der Waals surface area (Å²) < 4.78 is 0. The van der Waals surface area contributed by atoms with Crippen LogP contribution in [0, 0.1) is 0 Å². The van der Waals surface area contributed by atoms with Crippen LogP contribution in [0.2, 0.25) is 0 Å². The molecule has 0 saturated carbocycles. The summed E-state index contributed by atoms with van der Waals surface area (Å²) in [5.74, 6) is 0.816. The van der Waals surface area contributed by atoms with Crippen LogP contribution < -0.4 is 0 Å². The number of piperazine rings is 1. The van der Waals surface area contributed by atoms with Gasteiger partial charge in [0.25, 0.3) is 0 Å². The van der Waals surface area contributed by atoms with Gasteiger partial charge < -0.3 is 4.90 Å². The van der Waals surface area contributed by atoms with E-state index in [0.29, 0.717) is 18.9 Å². The van der Waals surface area contributed by atoms with Crippen LogP contribution in [-0.4, -0.2) is 56.8 Å². The molecule has 2 aromatic heterocycles. The Kier molecular flexibility index (Phi) is 4.39. The van der Waals surface area contributed by atoms with Gasteiger partial charge in [0.2, 0.25) is 5.91 Å². The van der Waals surface area contributed by atoms with Gasteiger partial charge in [0.05, 0.1) is 6.54 Å². The number of aromatic nitrogens is 3. The summed E-state index contributed by atoms with van der Waals surface area (Å²) >= 11 is 0. The fraction of sp³-hybridized carbons (Fsp3) is 0.375. The third-order valence-corrected chi connectivity index (χ3v) is 3.78. The minimum atomic E-state index is 0.194. The molecule has 1 saturated heterocycles. The van der Waals surface area contributed by atoms with Gasteiger partial charge in [-0.2, -0.15) is 0 Å². The second-order valence-electron chi connectivity index (χ2n) is 5.31. The number of nitrogens with zero attached hydrogens (tertiary/aromatic N) is 5. The summed E-state index contributed by atoms with van der Waals surface area (Å²) in [5, 5.41) is 0. The largest absolute Gasteiger partial charge is 0.341 e. The molecule has 114 valence electrons. The third-order valence-electron chi connectivity index (χ3n) is 3.78. The standard InChI is InChI=1S/C16H19N5O/c1-2-21-8-7-20(12-15(21)22)11-13-9-18-16(19-10-13)14-5-3-4-6-17-14/h3-6,9-10H,2,7-8,11-12H2,1H3. The van der Waals surface area contributed by atoms with Crippen molar-refractivity contribution in [2.75, 3.05) is 26.2 Å². The van der Waals surface area contributed by atoms with E-state index in [9.17, 15) is 4.79 Å². The van der Waals surface area contributed by atoms with Gasteiger partial charge in [-0.15, -0.1) is 0 Å². The van der Waals surface area contributed by atoms with Crippen LogP contribution in [0.3, 0.4) is 0 Å². The summed E-state index contributed by atoms with van der Waals surface area (Å²) in [7, 11) is 0. The molecule has 3 heterocycles. The lowest BCUT2D eigenvalue weighted by Gasteiger charge is -2.33. The zero-order valence-electron chi connectivity index (χ0n) is 12.6. The molecule has 0 radical (unpaired) electrons. The maximum atomic E-state index is 11.9. The molecule has 0 N–H and O–H groups in total. The van der Waals surface area contributed by atoms with E-state index >= 15 is 0 Å². The highest BCUT2D eigenvalue weighted by Gasteiger charge is 2.22. The molecule has 0 aliphatic carbocycles. The van der Waals surface area contributed by atoms with Crippen molar-refractivity contribution in [1.29, 1.82) is 0 Å². The molecule has 3 rings (SSSR count). The number of amides is 1. The molecule has 0 unspecified atom stereocenters. The predicted octanol–water partition coefficient (Wildman–Crippen LogP) is 1.20. The minimum absolute atomic E-state index is 0.194. The fourth-order valence-corrected chi connectivity index (χ4v) is 2.55. The number of hydrogen-bond acceptors (Lipinski definition) is 5. The molecule has 6 heteroatoms. The molecule has 0 bridgehead atoms. The summed E-state index contributed by atoms with van der Waals surface area (Å²) in [6, 6.07) is 5.67. The van der Waals surface area contributed by atoms with Gasteiger partial charge in [-0.1, -0.05) is 6.07 Å². The molecule has 2 aromatic rings. The van der Waals surface area contributed by atoms with Crippen molar-refractivity contribution in [3.8, 4) is 11.5 Å². The molecular formula is C16H19N5O. The number of carbonyl (C=O) groups is 1. The van der Waals surface area contributed by atoms with Crippen LogP contribution in [0.15, 0.2) is 36.8 Å². The highest BCUT2D eigenvalue weighted by molar-refractivity contribution is 5.78. The van der Waals surface area contributed by atoms with E-state index in [0.717, 1.165) is 30.9 Å². The lowest BCUT2D eigenvalue weighted by atomic mass is 10.2. The SMILES string of the molecule is CCN1CCN(Cc2cnc(-c3ccccn3)nc2)CC1=O. The normalized spacial score (nSPS) is 16.0. The lowest BCUT2D eigenvalue weighted by Crippen LogP contribution is -2.49. The zero-order chi connectivity index (χ0) is 15.4. The van der Waals surface area contributed by atoms with Crippen molar-refractivity contribution in [3.05, 3.63) is 42.4 Å². The molecule has 1 aliphatic heterocycles. The van der Waals surface area contributed by atoms with E-state index in [2.05, 4.69) is 19.9 Å². The van der Waals surface area contributed by atoms with E-state index in [1.165, 1.54) is 0 Å². The Morgan fingerprint density at radius 1 is 1.14 bits per heavy atom. The van der Waals surface area contributed by atoms with Crippen LogP contribution in [-0.2, 0) is 11.3 Å². The molecule has 0 atom stereocenters. The van der Waals surface area contributed by atoms with Crippen LogP contribution in [0.1, 0.15) is 12.5 Å². The average Bonchev–Trinajstić information content (AvgIpc) is 2.57. The van der Waals surface area contributed by atoms with Gasteiger partial charge in [0, 0.05) is 50.3 Å². The second kappa shape index (κ2) is 6.62. The summed E-state index contributed by atoms with van der Waals surface area (Å²) in [5.41, 5.74) is 1.78. The topological polar surface area (TPSA) is 62.2 Å². The molecule has 1 amide bonds. The third kappa shape index (κ3) is 3.28. The maximum Gasteiger partial charge on any atom is 0.236 e.